The van der Waals surface area contributed by atoms with Crippen LogP contribution in [0.3, 0.4) is 0 Å². The normalized spacial score (nSPS) is 10.8. The van der Waals surface area contributed by atoms with Crippen molar-refractivity contribution in [1.29, 1.82) is 0 Å². The predicted molar refractivity (Wildman–Crippen MR) is 89.0 cm³/mol. The fourth-order valence-electron chi connectivity index (χ4n) is 2.18. The van der Waals surface area contributed by atoms with E-state index < -0.39 is 0 Å². The molecule has 0 bridgehead atoms. The Labute approximate surface area is 131 Å². The Morgan fingerprint density at radius 3 is 2.86 bits per heavy atom. The summed E-state index contributed by atoms with van der Waals surface area (Å²) in [7, 11) is 0. The first-order valence-corrected chi connectivity index (χ1v) is 8.47. The van der Waals surface area contributed by atoms with Crippen LogP contribution in [0.2, 0.25) is 0 Å². The average molecular weight is 304 g/mol. The van der Waals surface area contributed by atoms with Crippen LogP contribution in [0.4, 0.5) is 0 Å². The second-order valence-electron chi connectivity index (χ2n) is 5.11. The lowest BCUT2D eigenvalue weighted by Crippen LogP contribution is -2.15. The van der Waals surface area contributed by atoms with E-state index in [2.05, 4.69) is 54.7 Å². The summed E-state index contributed by atoms with van der Waals surface area (Å²) < 4.78 is 6.05. The molecule has 1 aromatic carbocycles. The summed E-state index contributed by atoms with van der Waals surface area (Å²) in [6.07, 6.45) is 2.13. The van der Waals surface area contributed by atoms with Gasteiger partial charge in [0, 0.05) is 17.5 Å². The van der Waals surface area contributed by atoms with Crippen LogP contribution >= 0.6 is 11.3 Å². The van der Waals surface area contributed by atoms with Crippen molar-refractivity contribution in [2.75, 3.05) is 6.54 Å². The van der Waals surface area contributed by atoms with Gasteiger partial charge in [-0.1, -0.05) is 32.0 Å². The zero-order chi connectivity index (χ0) is 15.1. The summed E-state index contributed by atoms with van der Waals surface area (Å²) >= 11 is 1.71. The van der Waals surface area contributed by atoms with Crippen LogP contribution in [0, 0.1) is 6.92 Å². The third kappa shape index (κ3) is 4.55. The average Bonchev–Trinajstić information content (AvgIpc) is 2.95. The van der Waals surface area contributed by atoms with E-state index in [0.29, 0.717) is 6.61 Å². The van der Waals surface area contributed by atoms with E-state index in [1.807, 2.05) is 0 Å². The summed E-state index contributed by atoms with van der Waals surface area (Å²) in [5.74, 6) is 0.993. The summed E-state index contributed by atoms with van der Waals surface area (Å²) in [6.45, 7) is 8.82. The molecule has 2 aromatic rings. The third-order valence-corrected chi connectivity index (χ3v) is 4.34. The molecule has 2 rings (SSSR count). The molecule has 0 amide bonds. The highest BCUT2D eigenvalue weighted by molar-refractivity contribution is 7.09. The van der Waals surface area contributed by atoms with Gasteiger partial charge >= 0.3 is 0 Å². The molecule has 0 saturated carbocycles. The van der Waals surface area contributed by atoms with Crippen molar-refractivity contribution in [2.45, 2.75) is 46.8 Å². The number of thiazole rings is 1. The van der Waals surface area contributed by atoms with Crippen molar-refractivity contribution in [3.8, 4) is 5.75 Å². The van der Waals surface area contributed by atoms with Gasteiger partial charge in [-0.15, -0.1) is 11.3 Å². The van der Waals surface area contributed by atoms with Crippen molar-refractivity contribution < 1.29 is 4.74 Å². The lowest BCUT2D eigenvalue weighted by atomic mass is 10.1. The number of rotatable bonds is 8. The van der Waals surface area contributed by atoms with Gasteiger partial charge in [0.05, 0.1) is 10.7 Å². The fourth-order valence-corrected chi connectivity index (χ4v) is 2.91. The lowest BCUT2D eigenvalue weighted by molar-refractivity contribution is 0.296. The molecule has 0 aliphatic carbocycles. The number of hydrogen-bond acceptors (Lipinski definition) is 4. The molecule has 1 N–H and O–H groups in total. The highest BCUT2D eigenvalue weighted by Gasteiger charge is 2.08. The molecule has 3 nitrogen and oxygen atoms in total. The van der Waals surface area contributed by atoms with Crippen LogP contribution in [-0.2, 0) is 19.6 Å². The number of ether oxygens (including phenoxy) is 1. The van der Waals surface area contributed by atoms with E-state index >= 15 is 0 Å². The Hall–Kier alpha value is -1.39. The van der Waals surface area contributed by atoms with E-state index in [4.69, 9.17) is 4.74 Å². The summed E-state index contributed by atoms with van der Waals surface area (Å²) in [5.41, 5.74) is 3.42. The molecule has 114 valence electrons. The van der Waals surface area contributed by atoms with Crippen LogP contribution in [0.5, 0.6) is 5.75 Å². The van der Waals surface area contributed by atoms with E-state index in [9.17, 15) is 0 Å². The maximum atomic E-state index is 6.05. The number of benzene rings is 1. The Morgan fingerprint density at radius 1 is 1.29 bits per heavy atom. The molecule has 0 aliphatic rings. The zero-order valence-corrected chi connectivity index (χ0v) is 13.9. The highest BCUT2D eigenvalue weighted by Crippen LogP contribution is 2.24. The molecule has 0 fully saturated rings. The van der Waals surface area contributed by atoms with Gasteiger partial charge in [0.1, 0.15) is 12.4 Å². The monoisotopic (exact) mass is 304 g/mol. The number of hydrogen-bond donors (Lipinski definition) is 1. The van der Waals surface area contributed by atoms with Gasteiger partial charge in [-0.25, -0.2) is 4.98 Å². The van der Waals surface area contributed by atoms with E-state index in [0.717, 1.165) is 37.4 Å². The first kappa shape index (κ1) is 16.0. The number of nitrogens with zero attached hydrogens (tertiary/aromatic N) is 1. The molecule has 0 radical (unpaired) electrons. The summed E-state index contributed by atoms with van der Waals surface area (Å²) in [6, 6.07) is 6.31. The second kappa shape index (κ2) is 8.15. The molecule has 0 saturated heterocycles. The minimum absolute atomic E-state index is 0.544. The van der Waals surface area contributed by atoms with E-state index in [1.165, 1.54) is 16.1 Å². The summed E-state index contributed by atoms with van der Waals surface area (Å²) in [5, 5.41) is 6.70. The molecular formula is C17H24N2OS. The van der Waals surface area contributed by atoms with Crippen molar-refractivity contribution in [2.24, 2.45) is 0 Å². The lowest BCUT2D eigenvalue weighted by Gasteiger charge is -2.14. The molecule has 0 aliphatic heterocycles. The largest absolute Gasteiger partial charge is 0.487 e. The van der Waals surface area contributed by atoms with Gasteiger partial charge in [0.25, 0.3) is 0 Å². The van der Waals surface area contributed by atoms with Crippen LogP contribution in [-0.4, -0.2) is 11.5 Å². The number of aromatic nitrogens is 1. The number of nitrogens with one attached hydrogen (secondary N) is 1. The minimum Gasteiger partial charge on any atom is -0.487 e. The maximum absolute atomic E-state index is 6.05. The Bertz CT molecular complexity index is 566. The van der Waals surface area contributed by atoms with E-state index in [1.54, 1.807) is 11.3 Å². The van der Waals surface area contributed by atoms with Crippen molar-refractivity contribution in [1.82, 2.24) is 10.3 Å². The fraction of sp³-hybridized carbons (Fsp3) is 0.471. The molecule has 1 heterocycles. The molecule has 0 atom stereocenters. The Balaban J connectivity index is 2.03. The maximum Gasteiger partial charge on any atom is 0.131 e. The van der Waals surface area contributed by atoms with Crippen LogP contribution in [0.25, 0.3) is 0 Å². The zero-order valence-electron chi connectivity index (χ0n) is 13.1. The SMILES string of the molecule is CCCNCc1cccc(C)c1OCc1csc(CC)n1. The third-order valence-electron chi connectivity index (χ3n) is 3.30. The Morgan fingerprint density at radius 2 is 2.14 bits per heavy atom. The first-order chi connectivity index (χ1) is 10.2. The van der Waals surface area contributed by atoms with Crippen LogP contribution < -0.4 is 10.1 Å². The minimum atomic E-state index is 0.544. The first-order valence-electron chi connectivity index (χ1n) is 7.59. The Kier molecular flexibility index (Phi) is 6.21. The van der Waals surface area contributed by atoms with Gasteiger partial charge < -0.3 is 10.1 Å². The smallest absolute Gasteiger partial charge is 0.131 e. The molecule has 4 heteroatoms. The topological polar surface area (TPSA) is 34.1 Å². The van der Waals surface area contributed by atoms with E-state index in [-0.39, 0.29) is 0 Å². The molecule has 1 aromatic heterocycles. The molecule has 0 spiro atoms. The molecular weight excluding hydrogens is 280 g/mol. The van der Waals surface area contributed by atoms with Crippen LogP contribution in [0.15, 0.2) is 23.6 Å². The van der Waals surface area contributed by atoms with Gasteiger partial charge in [0.2, 0.25) is 0 Å². The van der Waals surface area contributed by atoms with Gasteiger partial charge in [0.15, 0.2) is 0 Å². The quantitative estimate of drug-likeness (QED) is 0.746. The van der Waals surface area contributed by atoms with Gasteiger partial charge in [-0.05, 0) is 31.9 Å². The van der Waals surface area contributed by atoms with Crippen molar-refractivity contribution in [3.05, 3.63) is 45.4 Å². The van der Waals surface area contributed by atoms with Crippen molar-refractivity contribution in [3.63, 3.8) is 0 Å². The summed E-state index contributed by atoms with van der Waals surface area (Å²) in [4.78, 5) is 4.56. The standard InChI is InChI=1S/C17H24N2OS/c1-4-9-18-10-14-8-6-7-13(3)17(14)20-11-15-12-21-16(5-2)19-15/h6-8,12,18H,4-5,9-11H2,1-3H3. The van der Waals surface area contributed by atoms with Crippen molar-refractivity contribution >= 4 is 11.3 Å². The number of aryl methyl sites for hydroxylation is 2. The number of para-hydroxylation sites is 1. The van der Waals surface area contributed by atoms with Gasteiger partial charge in [-0.2, -0.15) is 0 Å². The second-order valence-corrected chi connectivity index (χ2v) is 6.06. The highest BCUT2D eigenvalue weighted by atomic mass is 32.1. The molecule has 21 heavy (non-hydrogen) atoms. The van der Waals surface area contributed by atoms with Gasteiger partial charge in [-0.3, -0.25) is 0 Å². The molecule has 0 unspecified atom stereocenters. The predicted octanol–water partition coefficient (Wildman–Crippen LogP) is 4.09. The van der Waals surface area contributed by atoms with Crippen LogP contribution in [0.1, 0.15) is 42.1 Å².